The first-order valence-corrected chi connectivity index (χ1v) is 7.01. The van der Waals surface area contributed by atoms with Gasteiger partial charge in [-0.15, -0.1) is 30.6 Å². The number of aromatic nitrogens is 1. The summed E-state index contributed by atoms with van der Waals surface area (Å²) in [4.78, 5) is 8.77. The zero-order chi connectivity index (χ0) is 14.6. The Kier molecular flexibility index (Phi) is 11.7. The Balaban J connectivity index is 0.00000400. The number of guanidine groups is 1. The lowest BCUT2D eigenvalue weighted by Gasteiger charge is -2.11. The van der Waals surface area contributed by atoms with Crippen molar-refractivity contribution in [1.82, 2.24) is 15.6 Å². The SMILES string of the molecule is C=CCNC(=NCc1cccnc1OCCC)NCC.I. The van der Waals surface area contributed by atoms with Gasteiger partial charge in [-0.3, -0.25) is 0 Å². The molecule has 5 nitrogen and oxygen atoms in total. The molecule has 118 valence electrons. The molecular weight excluding hydrogens is 379 g/mol. The van der Waals surface area contributed by atoms with Gasteiger partial charge in [-0.25, -0.2) is 9.98 Å². The van der Waals surface area contributed by atoms with Crippen LogP contribution in [0.3, 0.4) is 0 Å². The minimum Gasteiger partial charge on any atom is -0.477 e. The number of ether oxygens (including phenoxy) is 1. The van der Waals surface area contributed by atoms with Crippen LogP contribution in [-0.4, -0.2) is 30.6 Å². The first kappa shape index (κ1) is 19.7. The molecule has 1 aromatic rings. The van der Waals surface area contributed by atoms with Crippen molar-refractivity contribution >= 4 is 29.9 Å². The van der Waals surface area contributed by atoms with Crippen molar-refractivity contribution in [3.63, 3.8) is 0 Å². The minimum absolute atomic E-state index is 0. The summed E-state index contributed by atoms with van der Waals surface area (Å²) in [5.41, 5.74) is 0.983. The van der Waals surface area contributed by atoms with Crippen LogP contribution in [0.2, 0.25) is 0 Å². The highest BCUT2D eigenvalue weighted by molar-refractivity contribution is 14.0. The zero-order valence-electron chi connectivity index (χ0n) is 12.8. The average Bonchev–Trinajstić information content (AvgIpc) is 2.48. The van der Waals surface area contributed by atoms with Crippen LogP contribution in [0.15, 0.2) is 36.0 Å². The number of rotatable bonds is 8. The summed E-state index contributed by atoms with van der Waals surface area (Å²) in [7, 11) is 0. The molecular formula is C15H25IN4O. The van der Waals surface area contributed by atoms with Crippen molar-refractivity contribution in [3.05, 3.63) is 36.5 Å². The molecule has 0 saturated carbocycles. The smallest absolute Gasteiger partial charge is 0.218 e. The Morgan fingerprint density at radius 3 is 2.90 bits per heavy atom. The van der Waals surface area contributed by atoms with Crippen LogP contribution >= 0.6 is 24.0 Å². The van der Waals surface area contributed by atoms with Gasteiger partial charge < -0.3 is 15.4 Å². The number of aliphatic imine (C=N–C) groups is 1. The van der Waals surface area contributed by atoms with Crippen molar-refractivity contribution in [2.75, 3.05) is 19.7 Å². The number of nitrogens with one attached hydrogen (secondary N) is 2. The minimum atomic E-state index is 0. The van der Waals surface area contributed by atoms with E-state index in [4.69, 9.17) is 4.74 Å². The molecule has 0 spiro atoms. The van der Waals surface area contributed by atoms with Gasteiger partial charge in [-0.1, -0.05) is 19.1 Å². The molecule has 21 heavy (non-hydrogen) atoms. The Hall–Kier alpha value is -1.31. The molecule has 0 radical (unpaired) electrons. The monoisotopic (exact) mass is 404 g/mol. The van der Waals surface area contributed by atoms with Crippen molar-refractivity contribution in [2.24, 2.45) is 4.99 Å². The number of pyridine rings is 1. The molecule has 0 bridgehead atoms. The fraction of sp³-hybridized carbons (Fsp3) is 0.467. The average molecular weight is 404 g/mol. The van der Waals surface area contributed by atoms with Gasteiger partial charge in [0.2, 0.25) is 5.88 Å². The van der Waals surface area contributed by atoms with Crippen LogP contribution in [-0.2, 0) is 6.54 Å². The summed E-state index contributed by atoms with van der Waals surface area (Å²) in [6.45, 7) is 10.5. The normalized spacial score (nSPS) is 10.5. The van der Waals surface area contributed by atoms with E-state index in [-0.39, 0.29) is 24.0 Å². The lowest BCUT2D eigenvalue weighted by atomic mass is 10.3. The van der Waals surface area contributed by atoms with Crippen LogP contribution in [0, 0.1) is 0 Å². The van der Waals surface area contributed by atoms with E-state index in [2.05, 4.69) is 34.1 Å². The first-order valence-electron chi connectivity index (χ1n) is 7.01. The lowest BCUT2D eigenvalue weighted by Crippen LogP contribution is -2.37. The molecule has 0 aromatic carbocycles. The fourth-order valence-corrected chi connectivity index (χ4v) is 1.55. The second-order valence-electron chi connectivity index (χ2n) is 4.18. The molecule has 1 rings (SSSR count). The van der Waals surface area contributed by atoms with Crippen molar-refractivity contribution < 1.29 is 4.74 Å². The van der Waals surface area contributed by atoms with Gasteiger partial charge in [-0.05, 0) is 19.4 Å². The maximum absolute atomic E-state index is 5.62. The van der Waals surface area contributed by atoms with Gasteiger partial charge in [-0.2, -0.15) is 0 Å². The van der Waals surface area contributed by atoms with Crippen LogP contribution in [0.4, 0.5) is 0 Å². The Labute approximate surface area is 144 Å². The highest BCUT2D eigenvalue weighted by atomic mass is 127. The molecule has 2 N–H and O–H groups in total. The summed E-state index contributed by atoms with van der Waals surface area (Å²) in [5.74, 6) is 1.43. The molecule has 0 amide bonds. The predicted octanol–water partition coefficient (Wildman–Crippen LogP) is 2.73. The highest BCUT2D eigenvalue weighted by Gasteiger charge is 2.04. The van der Waals surface area contributed by atoms with E-state index in [1.807, 2.05) is 19.1 Å². The molecule has 0 aliphatic carbocycles. The third-order valence-corrected chi connectivity index (χ3v) is 2.46. The summed E-state index contributed by atoms with van der Waals surface area (Å²) in [5, 5.41) is 6.34. The fourth-order valence-electron chi connectivity index (χ4n) is 1.55. The van der Waals surface area contributed by atoms with E-state index in [9.17, 15) is 0 Å². The zero-order valence-corrected chi connectivity index (χ0v) is 15.1. The van der Waals surface area contributed by atoms with E-state index in [1.165, 1.54) is 0 Å². The predicted molar refractivity (Wildman–Crippen MR) is 98.5 cm³/mol. The van der Waals surface area contributed by atoms with E-state index in [1.54, 1.807) is 12.3 Å². The summed E-state index contributed by atoms with van der Waals surface area (Å²) in [6.07, 6.45) is 4.49. The van der Waals surface area contributed by atoms with Gasteiger partial charge in [0, 0.05) is 24.8 Å². The third-order valence-electron chi connectivity index (χ3n) is 2.46. The number of nitrogens with zero attached hydrogens (tertiary/aromatic N) is 2. The van der Waals surface area contributed by atoms with Crippen molar-refractivity contribution in [2.45, 2.75) is 26.8 Å². The van der Waals surface area contributed by atoms with Crippen LogP contribution in [0.25, 0.3) is 0 Å². The Bertz CT molecular complexity index is 437. The van der Waals surface area contributed by atoms with E-state index < -0.39 is 0 Å². The second kappa shape index (κ2) is 12.4. The molecule has 0 fully saturated rings. The van der Waals surface area contributed by atoms with E-state index >= 15 is 0 Å². The lowest BCUT2D eigenvalue weighted by molar-refractivity contribution is 0.302. The Morgan fingerprint density at radius 2 is 2.24 bits per heavy atom. The quantitative estimate of drug-likeness (QED) is 0.303. The summed E-state index contributed by atoms with van der Waals surface area (Å²) >= 11 is 0. The maximum atomic E-state index is 5.62. The van der Waals surface area contributed by atoms with Gasteiger partial charge in [0.25, 0.3) is 0 Å². The first-order chi connectivity index (χ1) is 9.81. The molecule has 0 unspecified atom stereocenters. The molecule has 0 atom stereocenters. The van der Waals surface area contributed by atoms with E-state index in [0.29, 0.717) is 25.6 Å². The molecule has 0 aliphatic rings. The van der Waals surface area contributed by atoms with Crippen molar-refractivity contribution in [3.8, 4) is 5.88 Å². The third kappa shape index (κ3) is 7.89. The highest BCUT2D eigenvalue weighted by Crippen LogP contribution is 2.15. The molecule has 1 heterocycles. The van der Waals surface area contributed by atoms with Gasteiger partial charge >= 0.3 is 0 Å². The maximum Gasteiger partial charge on any atom is 0.218 e. The molecule has 0 saturated heterocycles. The Morgan fingerprint density at radius 1 is 1.43 bits per heavy atom. The van der Waals surface area contributed by atoms with Crippen molar-refractivity contribution in [1.29, 1.82) is 0 Å². The summed E-state index contributed by atoms with van der Waals surface area (Å²) in [6, 6.07) is 3.88. The van der Waals surface area contributed by atoms with Crippen LogP contribution < -0.4 is 15.4 Å². The standard InChI is InChI=1S/C15H24N4O.HI/c1-4-9-18-15(16-6-3)19-12-13-8-7-10-17-14(13)20-11-5-2;/h4,7-8,10H,1,5-6,9,11-12H2,2-3H3,(H2,16,18,19);1H. The number of hydrogen-bond acceptors (Lipinski definition) is 3. The largest absolute Gasteiger partial charge is 0.477 e. The summed E-state index contributed by atoms with van der Waals surface area (Å²) < 4.78 is 5.62. The molecule has 0 aliphatic heterocycles. The van der Waals surface area contributed by atoms with Gasteiger partial charge in [0.1, 0.15) is 0 Å². The molecule has 6 heteroatoms. The van der Waals surface area contributed by atoms with Gasteiger partial charge in [0.05, 0.1) is 13.2 Å². The van der Waals surface area contributed by atoms with Crippen LogP contribution in [0.5, 0.6) is 5.88 Å². The van der Waals surface area contributed by atoms with Crippen LogP contribution in [0.1, 0.15) is 25.8 Å². The molecule has 1 aromatic heterocycles. The van der Waals surface area contributed by atoms with Gasteiger partial charge in [0.15, 0.2) is 5.96 Å². The number of halogens is 1. The second-order valence-corrected chi connectivity index (χ2v) is 4.18. The topological polar surface area (TPSA) is 58.5 Å². The number of hydrogen-bond donors (Lipinski definition) is 2. The van der Waals surface area contributed by atoms with E-state index in [0.717, 1.165) is 24.5 Å².